The monoisotopic (exact) mass is 357 g/mol. The Bertz CT molecular complexity index is 690. The summed E-state index contributed by atoms with van der Waals surface area (Å²) >= 11 is 0. The summed E-state index contributed by atoms with van der Waals surface area (Å²) in [5, 5.41) is 6.62. The second kappa shape index (κ2) is 9.97. The zero-order valence-electron chi connectivity index (χ0n) is 16.5. The molecule has 142 valence electrons. The lowest BCUT2D eigenvalue weighted by Crippen LogP contribution is -2.42. The minimum absolute atomic E-state index is 0.477. The molecule has 1 aromatic carbocycles. The lowest BCUT2D eigenvalue weighted by atomic mass is 10.1. The van der Waals surface area contributed by atoms with Crippen LogP contribution in [0, 0.1) is 6.92 Å². The van der Waals surface area contributed by atoms with Crippen molar-refractivity contribution in [2.45, 2.75) is 40.3 Å². The predicted molar refractivity (Wildman–Crippen MR) is 107 cm³/mol. The quantitative estimate of drug-likeness (QED) is 0.561. The van der Waals surface area contributed by atoms with Gasteiger partial charge in [-0.25, -0.2) is 9.98 Å². The smallest absolute Gasteiger partial charge is 0.226 e. The standard InChI is InChI=1S/C20H31N5O/c1-6-21-20(22-11-12-25(5)15(2)3)23-13-18-14-26-19(24-18)17-9-7-16(4)8-10-17/h7-10,14-15H,6,11-13H2,1-5H3,(H2,21,22,23). The number of aryl methyl sites for hydroxylation is 1. The first kappa shape index (κ1) is 20.0. The molecule has 26 heavy (non-hydrogen) atoms. The van der Waals surface area contributed by atoms with Gasteiger partial charge in [-0.15, -0.1) is 0 Å². The van der Waals surface area contributed by atoms with E-state index in [1.807, 2.05) is 12.1 Å². The summed E-state index contributed by atoms with van der Waals surface area (Å²) in [7, 11) is 2.12. The van der Waals surface area contributed by atoms with Gasteiger partial charge < -0.3 is 20.0 Å². The highest BCUT2D eigenvalue weighted by molar-refractivity contribution is 5.79. The summed E-state index contributed by atoms with van der Waals surface area (Å²) in [4.78, 5) is 11.4. The largest absolute Gasteiger partial charge is 0.444 e. The normalized spacial score (nSPS) is 12.0. The molecule has 0 aliphatic carbocycles. The van der Waals surface area contributed by atoms with Gasteiger partial charge in [0.05, 0.1) is 6.54 Å². The van der Waals surface area contributed by atoms with Crippen molar-refractivity contribution in [3.8, 4) is 11.5 Å². The molecule has 0 saturated carbocycles. The van der Waals surface area contributed by atoms with Crippen LogP contribution in [0.5, 0.6) is 0 Å². The molecule has 0 atom stereocenters. The second-order valence-corrected chi connectivity index (χ2v) is 6.71. The lowest BCUT2D eigenvalue weighted by Gasteiger charge is -2.21. The maximum absolute atomic E-state index is 5.59. The average molecular weight is 358 g/mol. The summed E-state index contributed by atoms with van der Waals surface area (Å²) in [5.41, 5.74) is 3.01. The molecular formula is C20H31N5O. The molecule has 1 heterocycles. The van der Waals surface area contributed by atoms with Crippen LogP contribution < -0.4 is 10.6 Å². The Kier molecular flexibility index (Phi) is 7.66. The molecule has 0 unspecified atom stereocenters. The fourth-order valence-electron chi connectivity index (χ4n) is 2.32. The van der Waals surface area contributed by atoms with Crippen LogP contribution in [-0.4, -0.2) is 48.6 Å². The first-order chi connectivity index (χ1) is 12.5. The molecule has 2 aromatic rings. The van der Waals surface area contributed by atoms with E-state index in [9.17, 15) is 0 Å². The van der Waals surface area contributed by atoms with Crippen molar-refractivity contribution in [1.29, 1.82) is 0 Å². The molecule has 0 aliphatic heterocycles. The van der Waals surface area contributed by atoms with Crippen LogP contribution in [0.3, 0.4) is 0 Å². The van der Waals surface area contributed by atoms with E-state index in [-0.39, 0.29) is 0 Å². The number of hydrogen-bond donors (Lipinski definition) is 2. The number of rotatable bonds is 8. The Morgan fingerprint density at radius 3 is 2.62 bits per heavy atom. The molecular weight excluding hydrogens is 326 g/mol. The van der Waals surface area contributed by atoms with Crippen LogP contribution in [-0.2, 0) is 6.54 Å². The third-order valence-corrected chi connectivity index (χ3v) is 4.23. The first-order valence-electron chi connectivity index (χ1n) is 9.23. The van der Waals surface area contributed by atoms with Gasteiger partial charge in [-0.05, 0) is 46.9 Å². The zero-order chi connectivity index (χ0) is 18.9. The van der Waals surface area contributed by atoms with E-state index < -0.39 is 0 Å². The average Bonchev–Trinajstić information content (AvgIpc) is 3.09. The van der Waals surface area contributed by atoms with Crippen LogP contribution in [0.25, 0.3) is 11.5 Å². The van der Waals surface area contributed by atoms with Gasteiger partial charge in [0.1, 0.15) is 12.0 Å². The van der Waals surface area contributed by atoms with E-state index >= 15 is 0 Å². The van der Waals surface area contributed by atoms with Crippen molar-refractivity contribution >= 4 is 5.96 Å². The molecule has 1 aromatic heterocycles. The molecule has 0 aliphatic rings. The maximum Gasteiger partial charge on any atom is 0.226 e. The number of nitrogens with one attached hydrogen (secondary N) is 2. The highest BCUT2D eigenvalue weighted by atomic mass is 16.3. The zero-order valence-corrected chi connectivity index (χ0v) is 16.5. The predicted octanol–water partition coefficient (Wildman–Crippen LogP) is 3.05. The third-order valence-electron chi connectivity index (χ3n) is 4.23. The number of oxazole rings is 1. The topological polar surface area (TPSA) is 65.7 Å². The molecule has 0 fully saturated rings. The summed E-state index contributed by atoms with van der Waals surface area (Å²) in [6.07, 6.45) is 1.68. The molecule has 2 rings (SSSR count). The van der Waals surface area contributed by atoms with Crippen molar-refractivity contribution in [3.63, 3.8) is 0 Å². The first-order valence-corrected chi connectivity index (χ1v) is 9.23. The molecule has 0 spiro atoms. The van der Waals surface area contributed by atoms with Crippen molar-refractivity contribution in [2.75, 3.05) is 26.7 Å². The van der Waals surface area contributed by atoms with Gasteiger partial charge in [0, 0.05) is 31.2 Å². The molecule has 0 saturated heterocycles. The number of benzene rings is 1. The van der Waals surface area contributed by atoms with E-state index in [4.69, 9.17) is 4.42 Å². The van der Waals surface area contributed by atoms with Gasteiger partial charge in [-0.1, -0.05) is 17.7 Å². The van der Waals surface area contributed by atoms with E-state index in [0.717, 1.165) is 36.9 Å². The molecule has 6 heteroatoms. The van der Waals surface area contributed by atoms with Crippen LogP contribution in [0.15, 0.2) is 39.9 Å². The van der Waals surface area contributed by atoms with Crippen LogP contribution in [0.1, 0.15) is 32.0 Å². The Balaban J connectivity index is 1.93. The Labute approximate surface area is 156 Å². The fraction of sp³-hybridized carbons (Fsp3) is 0.500. The third kappa shape index (κ3) is 6.19. The summed E-state index contributed by atoms with van der Waals surface area (Å²) in [6, 6.07) is 8.68. The highest BCUT2D eigenvalue weighted by Crippen LogP contribution is 2.19. The minimum Gasteiger partial charge on any atom is -0.444 e. The van der Waals surface area contributed by atoms with Crippen molar-refractivity contribution in [1.82, 2.24) is 20.5 Å². The van der Waals surface area contributed by atoms with Crippen LogP contribution >= 0.6 is 0 Å². The van der Waals surface area contributed by atoms with Crippen LogP contribution in [0.2, 0.25) is 0 Å². The number of hydrogen-bond acceptors (Lipinski definition) is 4. The van der Waals surface area contributed by atoms with E-state index in [2.05, 4.69) is 72.4 Å². The van der Waals surface area contributed by atoms with Crippen molar-refractivity contribution < 1.29 is 4.42 Å². The molecule has 0 bridgehead atoms. The van der Waals surface area contributed by atoms with E-state index in [1.54, 1.807) is 6.26 Å². The molecule has 6 nitrogen and oxygen atoms in total. The van der Waals surface area contributed by atoms with Gasteiger partial charge >= 0.3 is 0 Å². The highest BCUT2D eigenvalue weighted by Gasteiger charge is 2.07. The lowest BCUT2D eigenvalue weighted by molar-refractivity contribution is 0.278. The van der Waals surface area contributed by atoms with Gasteiger partial charge in [-0.3, -0.25) is 0 Å². The minimum atomic E-state index is 0.477. The SMILES string of the molecule is CCNC(=NCc1coc(-c2ccc(C)cc2)n1)NCCN(C)C(C)C. The molecule has 0 amide bonds. The number of aliphatic imine (C=N–C) groups is 1. The number of nitrogens with zero attached hydrogens (tertiary/aromatic N) is 3. The Hall–Kier alpha value is -2.34. The fourth-order valence-corrected chi connectivity index (χ4v) is 2.32. The number of aromatic nitrogens is 1. The summed E-state index contributed by atoms with van der Waals surface area (Å²) in [6.45, 7) is 11.6. The number of likely N-dealkylation sites (N-methyl/N-ethyl adjacent to an activating group) is 1. The van der Waals surface area contributed by atoms with Crippen molar-refractivity contribution in [3.05, 3.63) is 41.8 Å². The Morgan fingerprint density at radius 1 is 1.23 bits per heavy atom. The van der Waals surface area contributed by atoms with Gasteiger partial charge in [0.2, 0.25) is 5.89 Å². The molecule has 0 radical (unpaired) electrons. The van der Waals surface area contributed by atoms with Gasteiger partial charge in [0.15, 0.2) is 5.96 Å². The number of guanidine groups is 1. The summed E-state index contributed by atoms with van der Waals surface area (Å²) in [5.74, 6) is 1.43. The van der Waals surface area contributed by atoms with Gasteiger partial charge in [-0.2, -0.15) is 0 Å². The van der Waals surface area contributed by atoms with Crippen LogP contribution in [0.4, 0.5) is 0 Å². The van der Waals surface area contributed by atoms with Crippen molar-refractivity contribution in [2.24, 2.45) is 4.99 Å². The van der Waals surface area contributed by atoms with E-state index in [1.165, 1.54) is 5.56 Å². The maximum atomic E-state index is 5.59. The van der Waals surface area contributed by atoms with E-state index in [0.29, 0.717) is 18.5 Å². The molecule has 2 N–H and O–H groups in total. The second-order valence-electron chi connectivity index (χ2n) is 6.71. The Morgan fingerprint density at radius 2 is 1.96 bits per heavy atom. The van der Waals surface area contributed by atoms with Gasteiger partial charge in [0.25, 0.3) is 0 Å². The summed E-state index contributed by atoms with van der Waals surface area (Å²) < 4.78 is 5.59.